The lowest BCUT2D eigenvalue weighted by Crippen LogP contribution is -1.85. The first kappa shape index (κ1) is 9.73. The third kappa shape index (κ3) is 1.34. The van der Waals surface area contributed by atoms with Crippen LogP contribution in [0.2, 0.25) is 0 Å². The molecule has 0 saturated carbocycles. The molecule has 3 heterocycles. The van der Waals surface area contributed by atoms with E-state index in [0.717, 1.165) is 16.1 Å². The van der Waals surface area contributed by atoms with E-state index in [1.165, 1.54) is 10.1 Å². The van der Waals surface area contributed by atoms with Crippen LogP contribution in [0.15, 0.2) is 43.0 Å². The zero-order valence-corrected chi connectivity index (χ0v) is 10.1. The van der Waals surface area contributed by atoms with Gasteiger partial charge in [0.1, 0.15) is 17.5 Å². The quantitative estimate of drug-likeness (QED) is 0.566. The molecular weight excluding hydrogens is 244 g/mol. The van der Waals surface area contributed by atoms with Gasteiger partial charge < -0.3 is 4.98 Å². The standard InChI is InChI=1S/C13H8N4S/c1-2-4-9-8(3-1)5-10(18-9)11-12-13(16-6-14-11)17-7-15-12/h1-7H,(H,14,15,16,17). The van der Waals surface area contributed by atoms with Crippen molar-refractivity contribution in [3.63, 3.8) is 0 Å². The van der Waals surface area contributed by atoms with Crippen LogP contribution in [-0.2, 0) is 0 Å². The molecule has 0 bridgehead atoms. The van der Waals surface area contributed by atoms with E-state index < -0.39 is 0 Å². The molecule has 0 fully saturated rings. The summed E-state index contributed by atoms with van der Waals surface area (Å²) < 4.78 is 1.26. The van der Waals surface area contributed by atoms with Crippen LogP contribution in [0.5, 0.6) is 0 Å². The van der Waals surface area contributed by atoms with Gasteiger partial charge in [0.2, 0.25) is 0 Å². The molecule has 4 rings (SSSR count). The lowest BCUT2D eigenvalue weighted by molar-refractivity contribution is 1.21. The van der Waals surface area contributed by atoms with Crippen LogP contribution >= 0.6 is 11.3 Å². The summed E-state index contributed by atoms with van der Waals surface area (Å²) in [7, 11) is 0. The molecule has 4 aromatic rings. The molecule has 5 heteroatoms. The van der Waals surface area contributed by atoms with Gasteiger partial charge in [-0.2, -0.15) is 0 Å². The molecule has 0 unspecified atom stereocenters. The Bertz CT molecular complexity index is 813. The topological polar surface area (TPSA) is 54.5 Å². The number of imidazole rings is 1. The van der Waals surface area contributed by atoms with Crippen molar-refractivity contribution in [1.29, 1.82) is 0 Å². The molecule has 0 atom stereocenters. The zero-order valence-electron chi connectivity index (χ0n) is 9.29. The molecule has 86 valence electrons. The van der Waals surface area contributed by atoms with E-state index in [0.29, 0.717) is 5.65 Å². The van der Waals surface area contributed by atoms with Gasteiger partial charge >= 0.3 is 0 Å². The summed E-state index contributed by atoms with van der Waals surface area (Å²) in [5.74, 6) is 0. The van der Waals surface area contributed by atoms with E-state index in [-0.39, 0.29) is 0 Å². The summed E-state index contributed by atoms with van der Waals surface area (Å²) in [5.41, 5.74) is 2.51. The van der Waals surface area contributed by atoms with Crippen LogP contribution in [0.25, 0.3) is 31.8 Å². The van der Waals surface area contributed by atoms with Crippen molar-refractivity contribution in [2.24, 2.45) is 0 Å². The maximum Gasteiger partial charge on any atom is 0.181 e. The lowest BCUT2D eigenvalue weighted by atomic mass is 10.2. The van der Waals surface area contributed by atoms with E-state index in [1.54, 1.807) is 24.0 Å². The number of benzene rings is 1. The minimum Gasteiger partial charge on any atom is -0.341 e. The number of thiophene rings is 1. The van der Waals surface area contributed by atoms with Gasteiger partial charge in [0.25, 0.3) is 0 Å². The van der Waals surface area contributed by atoms with Gasteiger partial charge in [-0.1, -0.05) is 18.2 Å². The molecule has 18 heavy (non-hydrogen) atoms. The van der Waals surface area contributed by atoms with Gasteiger partial charge in [0.15, 0.2) is 5.65 Å². The van der Waals surface area contributed by atoms with Crippen molar-refractivity contribution < 1.29 is 0 Å². The molecule has 0 spiro atoms. The molecule has 0 amide bonds. The zero-order chi connectivity index (χ0) is 11.9. The smallest absolute Gasteiger partial charge is 0.181 e. The number of aromatic nitrogens is 4. The second-order valence-electron chi connectivity index (χ2n) is 3.97. The molecule has 1 N–H and O–H groups in total. The predicted molar refractivity (Wildman–Crippen MR) is 72.5 cm³/mol. The van der Waals surface area contributed by atoms with Crippen LogP contribution in [0.4, 0.5) is 0 Å². The van der Waals surface area contributed by atoms with Crippen molar-refractivity contribution in [3.8, 4) is 10.6 Å². The van der Waals surface area contributed by atoms with E-state index >= 15 is 0 Å². The first-order valence-corrected chi connectivity index (χ1v) is 6.36. The van der Waals surface area contributed by atoms with Crippen molar-refractivity contribution in [3.05, 3.63) is 43.0 Å². The largest absolute Gasteiger partial charge is 0.341 e. The first-order chi connectivity index (χ1) is 8.92. The molecule has 1 aromatic carbocycles. The number of nitrogens with zero attached hydrogens (tertiary/aromatic N) is 3. The van der Waals surface area contributed by atoms with Crippen LogP contribution < -0.4 is 0 Å². The maximum atomic E-state index is 4.37. The Morgan fingerprint density at radius 1 is 1.06 bits per heavy atom. The summed E-state index contributed by atoms with van der Waals surface area (Å²) in [6.07, 6.45) is 3.21. The first-order valence-electron chi connectivity index (χ1n) is 5.55. The SMILES string of the molecule is c1ccc2sc(-c3ncnc4nc[nH]c34)cc2c1. The summed E-state index contributed by atoms with van der Waals surface area (Å²) >= 11 is 1.73. The second-order valence-corrected chi connectivity index (χ2v) is 5.06. The maximum absolute atomic E-state index is 4.37. The van der Waals surface area contributed by atoms with Crippen molar-refractivity contribution in [2.45, 2.75) is 0 Å². The average molecular weight is 252 g/mol. The number of hydrogen-bond donors (Lipinski definition) is 1. The predicted octanol–water partition coefficient (Wildman–Crippen LogP) is 3.23. The molecule has 0 aliphatic carbocycles. The Morgan fingerprint density at radius 3 is 2.94 bits per heavy atom. The molecule has 0 aliphatic rings. The summed E-state index contributed by atoms with van der Waals surface area (Å²) in [5, 5.41) is 1.24. The average Bonchev–Trinajstić information content (AvgIpc) is 3.04. The fourth-order valence-corrected chi connectivity index (χ4v) is 3.12. The molecule has 0 saturated heterocycles. The Labute approximate surface area is 106 Å². The second kappa shape index (κ2) is 3.61. The molecule has 4 nitrogen and oxygen atoms in total. The fourth-order valence-electron chi connectivity index (χ4n) is 2.05. The van der Waals surface area contributed by atoms with Crippen LogP contribution in [0.3, 0.4) is 0 Å². The van der Waals surface area contributed by atoms with Gasteiger partial charge in [-0.3, -0.25) is 0 Å². The number of rotatable bonds is 1. The highest BCUT2D eigenvalue weighted by atomic mass is 32.1. The van der Waals surface area contributed by atoms with Gasteiger partial charge in [-0.25, -0.2) is 15.0 Å². The summed E-state index contributed by atoms with van der Waals surface area (Å²) in [6, 6.07) is 10.5. The number of fused-ring (bicyclic) bond motifs is 2. The highest BCUT2D eigenvalue weighted by Crippen LogP contribution is 2.34. The highest BCUT2D eigenvalue weighted by molar-refractivity contribution is 7.22. The number of aromatic amines is 1. The lowest BCUT2D eigenvalue weighted by Gasteiger charge is -1.96. The fraction of sp³-hybridized carbons (Fsp3) is 0. The normalized spacial score (nSPS) is 11.3. The van der Waals surface area contributed by atoms with Crippen LogP contribution in [-0.4, -0.2) is 19.9 Å². The summed E-state index contributed by atoms with van der Waals surface area (Å²) in [4.78, 5) is 16.9. The highest BCUT2D eigenvalue weighted by Gasteiger charge is 2.10. The Kier molecular flexibility index (Phi) is 1.95. The van der Waals surface area contributed by atoms with E-state index in [4.69, 9.17) is 0 Å². The van der Waals surface area contributed by atoms with E-state index in [2.05, 4.69) is 38.1 Å². The van der Waals surface area contributed by atoms with Crippen molar-refractivity contribution >= 4 is 32.6 Å². The molecule has 0 aliphatic heterocycles. The summed E-state index contributed by atoms with van der Waals surface area (Å²) in [6.45, 7) is 0. The third-order valence-corrected chi connectivity index (χ3v) is 4.00. The van der Waals surface area contributed by atoms with Crippen LogP contribution in [0.1, 0.15) is 0 Å². The Morgan fingerprint density at radius 2 is 2.00 bits per heavy atom. The minimum absolute atomic E-state index is 0.706. The van der Waals surface area contributed by atoms with Gasteiger partial charge in [-0.15, -0.1) is 11.3 Å². The Hall–Kier alpha value is -2.27. The minimum atomic E-state index is 0.706. The van der Waals surface area contributed by atoms with E-state index in [1.807, 2.05) is 12.1 Å². The van der Waals surface area contributed by atoms with Gasteiger partial charge in [0.05, 0.1) is 11.2 Å². The molecular formula is C13H8N4S. The van der Waals surface area contributed by atoms with Gasteiger partial charge in [-0.05, 0) is 17.5 Å². The molecule has 3 aromatic heterocycles. The Balaban J connectivity index is 2.04. The number of nitrogens with one attached hydrogen (secondary N) is 1. The molecule has 0 radical (unpaired) electrons. The van der Waals surface area contributed by atoms with Gasteiger partial charge in [0, 0.05) is 4.70 Å². The number of H-pyrrole nitrogens is 1. The third-order valence-electron chi connectivity index (χ3n) is 2.88. The monoisotopic (exact) mass is 252 g/mol. The van der Waals surface area contributed by atoms with Crippen molar-refractivity contribution in [2.75, 3.05) is 0 Å². The van der Waals surface area contributed by atoms with Crippen LogP contribution in [0, 0.1) is 0 Å². The van der Waals surface area contributed by atoms with Crippen molar-refractivity contribution in [1.82, 2.24) is 19.9 Å². The number of hydrogen-bond acceptors (Lipinski definition) is 4. The van der Waals surface area contributed by atoms with E-state index in [9.17, 15) is 0 Å².